The summed E-state index contributed by atoms with van der Waals surface area (Å²) in [6.07, 6.45) is 0.268. The van der Waals surface area contributed by atoms with Crippen LogP contribution in [0.5, 0.6) is 0 Å². The van der Waals surface area contributed by atoms with Gasteiger partial charge in [0.05, 0.1) is 19.0 Å². The van der Waals surface area contributed by atoms with E-state index in [0.717, 1.165) is 17.5 Å². The van der Waals surface area contributed by atoms with E-state index in [1.807, 2.05) is 6.92 Å². The van der Waals surface area contributed by atoms with Crippen LogP contribution in [0.3, 0.4) is 0 Å². The quantitative estimate of drug-likeness (QED) is 0.591. The van der Waals surface area contributed by atoms with Crippen molar-refractivity contribution in [1.29, 1.82) is 0 Å². The van der Waals surface area contributed by atoms with Gasteiger partial charge in [-0.1, -0.05) is 0 Å². The lowest BCUT2D eigenvalue weighted by molar-refractivity contribution is 0.105. The van der Waals surface area contributed by atoms with E-state index in [1.165, 1.54) is 0 Å². The van der Waals surface area contributed by atoms with Crippen LogP contribution in [0, 0.1) is 6.92 Å². The molecular weight excluding hydrogens is 256 g/mol. The zero-order chi connectivity index (χ0) is 13.8. The van der Waals surface area contributed by atoms with Gasteiger partial charge in [0.1, 0.15) is 0 Å². The van der Waals surface area contributed by atoms with Crippen molar-refractivity contribution in [2.24, 2.45) is 0 Å². The zero-order valence-electron chi connectivity index (χ0n) is 10.3. The highest BCUT2D eigenvalue weighted by Crippen LogP contribution is 2.20. The molecule has 0 radical (unpaired) electrons. The Bertz CT molecular complexity index is 502. The van der Waals surface area contributed by atoms with E-state index in [1.54, 1.807) is 18.2 Å². The number of sulfonamides is 1. The van der Waals surface area contributed by atoms with Crippen molar-refractivity contribution < 1.29 is 18.6 Å². The maximum absolute atomic E-state index is 11.1. The third kappa shape index (κ3) is 4.91. The summed E-state index contributed by atoms with van der Waals surface area (Å²) in [7, 11) is -3.28. The van der Waals surface area contributed by atoms with Gasteiger partial charge in [-0.3, -0.25) is 4.72 Å². The second-order valence-corrected chi connectivity index (χ2v) is 5.87. The molecule has 1 unspecified atom stereocenters. The molecule has 6 nitrogen and oxygen atoms in total. The van der Waals surface area contributed by atoms with Gasteiger partial charge in [0.25, 0.3) is 0 Å². The third-order valence-corrected chi connectivity index (χ3v) is 2.88. The first kappa shape index (κ1) is 14.7. The van der Waals surface area contributed by atoms with Crippen LogP contribution in [0.1, 0.15) is 5.56 Å². The highest BCUT2D eigenvalue weighted by Gasteiger charge is 2.06. The molecular formula is C11H18N2O4S. The van der Waals surface area contributed by atoms with Crippen LogP contribution in [0.25, 0.3) is 0 Å². The van der Waals surface area contributed by atoms with Crippen molar-refractivity contribution in [1.82, 2.24) is 0 Å². The lowest BCUT2D eigenvalue weighted by Crippen LogP contribution is -2.23. The lowest BCUT2D eigenvalue weighted by atomic mass is 10.2. The molecule has 7 heteroatoms. The summed E-state index contributed by atoms with van der Waals surface area (Å²) in [5.74, 6) is 0. The molecule has 0 fully saturated rings. The van der Waals surface area contributed by atoms with Gasteiger partial charge in [-0.15, -0.1) is 0 Å². The fraction of sp³-hybridized carbons (Fsp3) is 0.455. The van der Waals surface area contributed by atoms with Gasteiger partial charge in [0.2, 0.25) is 10.0 Å². The molecule has 0 aliphatic heterocycles. The number of hydrogen-bond acceptors (Lipinski definition) is 5. The number of anilines is 2. The van der Waals surface area contributed by atoms with Crippen molar-refractivity contribution in [3.63, 3.8) is 0 Å². The van der Waals surface area contributed by atoms with Crippen molar-refractivity contribution >= 4 is 21.4 Å². The van der Waals surface area contributed by atoms with Gasteiger partial charge in [-0.05, 0) is 30.7 Å². The molecule has 0 spiro atoms. The minimum absolute atomic E-state index is 0.232. The zero-order valence-corrected chi connectivity index (χ0v) is 11.2. The molecule has 0 aromatic heterocycles. The van der Waals surface area contributed by atoms with Crippen LogP contribution in [0.15, 0.2) is 18.2 Å². The Balaban J connectivity index is 2.74. The summed E-state index contributed by atoms with van der Waals surface area (Å²) in [4.78, 5) is 0. The Morgan fingerprint density at radius 1 is 1.39 bits per heavy atom. The molecule has 0 aliphatic rings. The third-order valence-electron chi connectivity index (χ3n) is 2.27. The highest BCUT2D eigenvalue weighted by molar-refractivity contribution is 7.92. The van der Waals surface area contributed by atoms with Gasteiger partial charge in [-0.2, -0.15) is 0 Å². The van der Waals surface area contributed by atoms with E-state index >= 15 is 0 Å². The maximum atomic E-state index is 11.1. The second kappa shape index (κ2) is 6.03. The number of hydrogen-bond donors (Lipinski definition) is 4. The largest absolute Gasteiger partial charge is 0.394 e. The molecule has 1 aromatic rings. The first-order chi connectivity index (χ1) is 8.31. The summed E-state index contributed by atoms with van der Waals surface area (Å²) < 4.78 is 24.5. The normalized spacial score (nSPS) is 13.1. The maximum Gasteiger partial charge on any atom is 0.229 e. The summed E-state index contributed by atoms with van der Waals surface area (Å²) in [6, 6.07) is 5.03. The predicted octanol–water partition coefficient (Wildman–Crippen LogP) is 0.132. The molecule has 1 rings (SSSR count). The van der Waals surface area contributed by atoms with Gasteiger partial charge < -0.3 is 15.5 Å². The average Bonchev–Trinajstić information content (AvgIpc) is 2.25. The predicted molar refractivity (Wildman–Crippen MR) is 71.2 cm³/mol. The van der Waals surface area contributed by atoms with Gasteiger partial charge in [0.15, 0.2) is 0 Å². The molecule has 18 heavy (non-hydrogen) atoms. The fourth-order valence-corrected chi connectivity index (χ4v) is 1.99. The molecule has 0 saturated carbocycles. The molecule has 4 N–H and O–H groups in total. The number of rotatable bonds is 6. The van der Waals surface area contributed by atoms with E-state index in [2.05, 4.69) is 10.0 Å². The second-order valence-electron chi connectivity index (χ2n) is 4.12. The van der Waals surface area contributed by atoms with Gasteiger partial charge in [-0.25, -0.2) is 8.42 Å². The monoisotopic (exact) mass is 274 g/mol. The minimum Gasteiger partial charge on any atom is -0.394 e. The van der Waals surface area contributed by atoms with E-state index in [9.17, 15) is 13.5 Å². The Morgan fingerprint density at radius 3 is 2.56 bits per heavy atom. The SMILES string of the molecule is Cc1cc(NS(C)(=O)=O)ccc1NCC(O)CO. The highest BCUT2D eigenvalue weighted by atomic mass is 32.2. The summed E-state index contributed by atoms with van der Waals surface area (Å²) >= 11 is 0. The summed E-state index contributed by atoms with van der Waals surface area (Å²) in [5.41, 5.74) is 2.11. The Labute approximate surface area is 107 Å². The van der Waals surface area contributed by atoms with Crippen molar-refractivity contribution in [2.75, 3.05) is 29.4 Å². The van der Waals surface area contributed by atoms with Crippen LogP contribution >= 0.6 is 0 Å². The molecule has 0 aliphatic carbocycles. The molecule has 0 amide bonds. The van der Waals surface area contributed by atoms with Gasteiger partial charge >= 0.3 is 0 Å². The van der Waals surface area contributed by atoms with E-state index in [-0.39, 0.29) is 13.2 Å². The number of aliphatic hydroxyl groups excluding tert-OH is 2. The van der Waals surface area contributed by atoms with Crippen LogP contribution in [-0.2, 0) is 10.0 Å². The first-order valence-electron chi connectivity index (χ1n) is 5.43. The Hall–Kier alpha value is -1.31. The number of aliphatic hydroxyl groups is 2. The number of benzene rings is 1. The Morgan fingerprint density at radius 2 is 2.06 bits per heavy atom. The average molecular weight is 274 g/mol. The topological polar surface area (TPSA) is 98.7 Å². The van der Waals surface area contributed by atoms with Crippen molar-refractivity contribution in [3.8, 4) is 0 Å². The van der Waals surface area contributed by atoms with E-state index in [4.69, 9.17) is 5.11 Å². The minimum atomic E-state index is -3.28. The van der Waals surface area contributed by atoms with E-state index in [0.29, 0.717) is 5.69 Å². The summed E-state index contributed by atoms with van der Waals surface area (Å²) in [5, 5.41) is 20.9. The molecule has 1 aromatic carbocycles. The number of aryl methyl sites for hydroxylation is 1. The van der Waals surface area contributed by atoms with Crippen molar-refractivity contribution in [2.45, 2.75) is 13.0 Å². The molecule has 0 saturated heterocycles. The van der Waals surface area contributed by atoms with Crippen LogP contribution in [-0.4, -0.2) is 44.1 Å². The van der Waals surface area contributed by atoms with Crippen LogP contribution < -0.4 is 10.0 Å². The summed E-state index contributed by atoms with van der Waals surface area (Å²) in [6.45, 7) is 1.75. The fourth-order valence-electron chi connectivity index (χ4n) is 1.43. The van der Waals surface area contributed by atoms with Crippen LogP contribution in [0.2, 0.25) is 0 Å². The number of nitrogens with one attached hydrogen (secondary N) is 2. The smallest absolute Gasteiger partial charge is 0.229 e. The Kier molecular flexibility index (Phi) is 4.94. The van der Waals surface area contributed by atoms with Crippen LogP contribution in [0.4, 0.5) is 11.4 Å². The molecule has 102 valence electrons. The first-order valence-corrected chi connectivity index (χ1v) is 7.32. The molecule has 0 heterocycles. The van der Waals surface area contributed by atoms with Crippen molar-refractivity contribution in [3.05, 3.63) is 23.8 Å². The molecule has 0 bridgehead atoms. The molecule has 1 atom stereocenters. The van der Waals surface area contributed by atoms with E-state index < -0.39 is 16.1 Å². The lowest BCUT2D eigenvalue weighted by Gasteiger charge is -2.13. The van der Waals surface area contributed by atoms with Gasteiger partial charge in [0, 0.05) is 17.9 Å². The standard InChI is InChI=1S/C11H18N2O4S/c1-8-5-9(13-18(2,16)17)3-4-11(8)12-6-10(15)7-14/h3-5,10,12-15H,6-7H2,1-2H3.